The van der Waals surface area contributed by atoms with Crippen molar-refractivity contribution in [3.63, 3.8) is 0 Å². The second-order valence-electron chi connectivity index (χ2n) is 5.52. The van der Waals surface area contributed by atoms with Gasteiger partial charge in [-0.1, -0.05) is 21.9 Å². The molecular weight excluding hydrogens is 330 g/mol. The Morgan fingerprint density at radius 3 is 2.42 bits per heavy atom. The molecule has 1 N–H and O–H groups in total. The molecule has 2 aromatic heterocycles. The van der Waals surface area contributed by atoms with Gasteiger partial charge in [-0.25, -0.2) is 0 Å². The number of hydrogen-bond acceptors (Lipinski definition) is 7. The van der Waals surface area contributed by atoms with E-state index in [1.165, 1.54) is 0 Å². The van der Waals surface area contributed by atoms with Crippen molar-refractivity contribution in [2.24, 2.45) is 0 Å². The van der Waals surface area contributed by atoms with Gasteiger partial charge in [-0.3, -0.25) is 0 Å². The highest BCUT2D eigenvalue weighted by Gasteiger charge is 2.13. The molecule has 3 aromatic rings. The van der Waals surface area contributed by atoms with E-state index in [4.69, 9.17) is 20.6 Å². The molecule has 8 heteroatoms. The molecule has 0 amide bonds. The maximum Gasteiger partial charge on any atom is 0.227 e. The van der Waals surface area contributed by atoms with Crippen molar-refractivity contribution in [1.29, 1.82) is 0 Å². The molecule has 0 aliphatic heterocycles. The summed E-state index contributed by atoms with van der Waals surface area (Å²) in [5.41, 5.74) is 0.857. The lowest BCUT2D eigenvalue weighted by Gasteiger charge is -2.04. The lowest BCUT2D eigenvalue weighted by molar-refractivity contribution is 0.351. The predicted molar refractivity (Wildman–Crippen MR) is 88.7 cm³/mol. The van der Waals surface area contributed by atoms with Gasteiger partial charge >= 0.3 is 0 Å². The molecule has 24 heavy (non-hydrogen) atoms. The first-order chi connectivity index (χ1) is 11.6. The monoisotopic (exact) mass is 347 g/mol. The first-order valence-corrected chi connectivity index (χ1v) is 8.09. The van der Waals surface area contributed by atoms with Crippen molar-refractivity contribution in [3.8, 4) is 11.4 Å². The van der Waals surface area contributed by atoms with Crippen molar-refractivity contribution in [3.05, 3.63) is 46.9 Å². The summed E-state index contributed by atoms with van der Waals surface area (Å²) in [4.78, 5) is 8.74. The third kappa shape index (κ3) is 4.18. The van der Waals surface area contributed by atoms with E-state index < -0.39 is 0 Å². The van der Waals surface area contributed by atoms with Gasteiger partial charge in [0.05, 0.1) is 0 Å². The number of nitrogens with zero attached hydrogens (tertiary/aromatic N) is 4. The van der Waals surface area contributed by atoms with Gasteiger partial charge in [0.15, 0.2) is 5.82 Å². The Bertz CT molecular complexity index is 784. The Hall–Kier alpha value is -2.25. The summed E-state index contributed by atoms with van der Waals surface area (Å²) in [6, 6.07) is 7.58. The van der Waals surface area contributed by atoms with Crippen LogP contribution in [0.1, 0.15) is 24.5 Å². The Morgan fingerprint density at radius 2 is 1.71 bits per heavy atom. The van der Waals surface area contributed by atoms with E-state index >= 15 is 0 Å². The van der Waals surface area contributed by atoms with Crippen molar-refractivity contribution >= 4 is 11.6 Å². The number of rotatable bonds is 7. The van der Waals surface area contributed by atoms with Crippen LogP contribution in [0.15, 0.2) is 33.3 Å². The molecule has 0 aliphatic rings. The Balaban J connectivity index is 1.58. The fraction of sp³-hybridized carbons (Fsp3) is 0.375. The van der Waals surface area contributed by atoms with E-state index in [-0.39, 0.29) is 0 Å². The highest BCUT2D eigenvalue weighted by atomic mass is 35.5. The zero-order valence-electron chi connectivity index (χ0n) is 13.5. The van der Waals surface area contributed by atoms with E-state index in [1.54, 1.807) is 12.1 Å². The van der Waals surface area contributed by atoms with Crippen LogP contribution in [0.4, 0.5) is 0 Å². The van der Waals surface area contributed by atoms with Gasteiger partial charge in [-0.15, -0.1) is 0 Å². The number of hydrogen-bond donors (Lipinski definition) is 1. The smallest absolute Gasteiger partial charge is 0.227 e. The zero-order valence-corrected chi connectivity index (χ0v) is 14.2. The number of aromatic nitrogens is 4. The molecule has 0 saturated carbocycles. The third-order valence-electron chi connectivity index (χ3n) is 3.61. The largest absolute Gasteiger partial charge is 0.339 e. The summed E-state index contributed by atoms with van der Waals surface area (Å²) in [5, 5.41) is 11.8. The number of halogens is 1. The molecule has 0 fully saturated rings. The van der Waals surface area contributed by atoms with Crippen LogP contribution < -0.4 is 5.32 Å². The van der Waals surface area contributed by atoms with Crippen molar-refractivity contribution < 1.29 is 9.05 Å². The van der Waals surface area contributed by atoms with E-state index in [1.807, 2.05) is 19.2 Å². The Labute approximate surface area is 144 Å². The molecule has 1 atom stereocenters. The van der Waals surface area contributed by atoms with Crippen LogP contribution in [-0.2, 0) is 19.3 Å². The molecule has 126 valence electrons. The standard InChI is InChI=1S/C16H18ClN5O2/c1-10(18-2)9-13-19-14(23-21-13)7-8-15-20-16(22-24-15)11-3-5-12(17)6-4-11/h3-6,10,18H,7-9H2,1-2H3. The van der Waals surface area contributed by atoms with E-state index in [0.29, 0.717) is 47.3 Å². The van der Waals surface area contributed by atoms with Crippen LogP contribution in [0.5, 0.6) is 0 Å². The molecule has 1 aromatic carbocycles. The maximum atomic E-state index is 5.87. The predicted octanol–water partition coefficient (Wildman–Crippen LogP) is 2.71. The molecule has 0 spiro atoms. The zero-order chi connectivity index (χ0) is 16.9. The van der Waals surface area contributed by atoms with Crippen molar-refractivity contribution in [2.45, 2.75) is 32.2 Å². The summed E-state index contributed by atoms with van der Waals surface area (Å²) in [6.45, 7) is 2.06. The molecule has 7 nitrogen and oxygen atoms in total. The molecule has 0 aliphatic carbocycles. The second-order valence-corrected chi connectivity index (χ2v) is 5.95. The molecule has 0 bridgehead atoms. The van der Waals surface area contributed by atoms with Gasteiger partial charge in [-0.05, 0) is 38.2 Å². The third-order valence-corrected chi connectivity index (χ3v) is 3.87. The van der Waals surface area contributed by atoms with Gasteiger partial charge < -0.3 is 14.4 Å². The van der Waals surface area contributed by atoms with E-state index in [2.05, 4.69) is 32.5 Å². The van der Waals surface area contributed by atoms with Gasteiger partial charge in [0.25, 0.3) is 0 Å². The SMILES string of the molecule is CNC(C)Cc1noc(CCc2nc(-c3ccc(Cl)cc3)no2)n1. The number of benzene rings is 1. The highest BCUT2D eigenvalue weighted by Crippen LogP contribution is 2.19. The lowest BCUT2D eigenvalue weighted by Crippen LogP contribution is -2.24. The Morgan fingerprint density at radius 1 is 1.04 bits per heavy atom. The van der Waals surface area contributed by atoms with Gasteiger partial charge in [0.2, 0.25) is 17.6 Å². The summed E-state index contributed by atoms with van der Waals surface area (Å²) in [7, 11) is 1.90. The van der Waals surface area contributed by atoms with Crippen molar-refractivity contribution in [1.82, 2.24) is 25.6 Å². The minimum atomic E-state index is 0.299. The average molecular weight is 348 g/mol. The fourth-order valence-corrected chi connectivity index (χ4v) is 2.26. The van der Waals surface area contributed by atoms with Gasteiger partial charge in [0.1, 0.15) is 0 Å². The van der Waals surface area contributed by atoms with Crippen molar-refractivity contribution in [2.75, 3.05) is 7.05 Å². The normalized spacial score (nSPS) is 12.5. The van der Waals surface area contributed by atoms with Crippen LogP contribution in [-0.4, -0.2) is 33.4 Å². The number of likely N-dealkylation sites (N-methyl/N-ethyl adjacent to an activating group) is 1. The van der Waals surface area contributed by atoms with Crippen LogP contribution in [0.25, 0.3) is 11.4 Å². The van der Waals surface area contributed by atoms with Crippen LogP contribution >= 0.6 is 11.6 Å². The molecule has 3 rings (SSSR count). The number of aryl methyl sites for hydroxylation is 2. The van der Waals surface area contributed by atoms with Gasteiger partial charge in [-0.2, -0.15) is 9.97 Å². The van der Waals surface area contributed by atoms with Crippen LogP contribution in [0.3, 0.4) is 0 Å². The maximum absolute atomic E-state index is 5.87. The first kappa shape index (κ1) is 16.6. The lowest BCUT2D eigenvalue weighted by atomic mass is 10.2. The molecule has 2 heterocycles. The first-order valence-electron chi connectivity index (χ1n) is 7.71. The summed E-state index contributed by atoms with van der Waals surface area (Å²) in [5.74, 6) is 2.33. The molecule has 0 radical (unpaired) electrons. The second kappa shape index (κ2) is 7.55. The highest BCUT2D eigenvalue weighted by molar-refractivity contribution is 6.30. The molecular formula is C16H18ClN5O2. The minimum absolute atomic E-state index is 0.299. The summed E-state index contributed by atoms with van der Waals surface area (Å²) >= 11 is 5.87. The molecule has 0 saturated heterocycles. The minimum Gasteiger partial charge on any atom is -0.339 e. The van der Waals surface area contributed by atoms with Crippen LogP contribution in [0.2, 0.25) is 5.02 Å². The van der Waals surface area contributed by atoms with Gasteiger partial charge in [0, 0.05) is 35.9 Å². The topological polar surface area (TPSA) is 89.9 Å². The van der Waals surface area contributed by atoms with Crippen LogP contribution in [0, 0.1) is 0 Å². The average Bonchev–Trinajstić information content (AvgIpc) is 3.23. The quantitative estimate of drug-likeness (QED) is 0.702. The fourth-order valence-electron chi connectivity index (χ4n) is 2.14. The Kier molecular flexibility index (Phi) is 5.22. The van der Waals surface area contributed by atoms with E-state index in [0.717, 1.165) is 12.0 Å². The summed E-state index contributed by atoms with van der Waals surface area (Å²) < 4.78 is 10.5. The number of nitrogens with one attached hydrogen (secondary N) is 1. The molecule has 1 unspecified atom stereocenters. The summed E-state index contributed by atoms with van der Waals surface area (Å²) in [6.07, 6.45) is 1.83. The van der Waals surface area contributed by atoms with E-state index in [9.17, 15) is 0 Å².